The lowest BCUT2D eigenvalue weighted by molar-refractivity contribution is -0.142. The number of nitrogens with one attached hydrogen (secondary N) is 1. The molecule has 12 heavy (non-hydrogen) atoms. The van der Waals surface area contributed by atoms with Gasteiger partial charge in [-0.25, -0.2) is 0 Å². The van der Waals surface area contributed by atoms with E-state index < -0.39 is 0 Å². The van der Waals surface area contributed by atoms with Crippen molar-refractivity contribution in [3.05, 3.63) is 0 Å². The molecule has 0 saturated carbocycles. The summed E-state index contributed by atoms with van der Waals surface area (Å²) >= 11 is 0. The molecule has 0 aliphatic carbocycles. The fourth-order valence-electron chi connectivity index (χ4n) is 0.919. The van der Waals surface area contributed by atoms with Gasteiger partial charge in [-0.2, -0.15) is 0 Å². The van der Waals surface area contributed by atoms with Gasteiger partial charge < -0.3 is 9.47 Å². The van der Waals surface area contributed by atoms with Gasteiger partial charge in [0.25, 0.3) is 0 Å². The maximum Gasteiger partial charge on any atom is 0.157 e. The Morgan fingerprint density at radius 1 is 1.25 bits per heavy atom. The van der Waals surface area contributed by atoms with Crippen LogP contribution in [0.4, 0.5) is 0 Å². The molecule has 0 rings (SSSR count). The summed E-state index contributed by atoms with van der Waals surface area (Å²) in [7, 11) is 0. The van der Waals surface area contributed by atoms with Gasteiger partial charge in [-0.05, 0) is 26.2 Å². The predicted molar refractivity (Wildman–Crippen MR) is 48.9 cm³/mol. The zero-order valence-electron chi connectivity index (χ0n) is 8.14. The minimum Gasteiger partial charge on any atom is -0.353 e. The van der Waals surface area contributed by atoms with Crippen molar-refractivity contribution >= 4 is 0 Å². The largest absolute Gasteiger partial charge is 0.353 e. The minimum absolute atomic E-state index is 0.0831. The fourth-order valence-corrected chi connectivity index (χ4v) is 0.919. The highest BCUT2D eigenvalue weighted by atomic mass is 16.7. The molecule has 0 aliphatic rings. The van der Waals surface area contributed by atoms with Gasteiger partial charge in [0.1, 0.15) is 0 Å². The van der Waals surface area contributed by atoms with Crippen molar-refractivity contribution < 1.29 is 9.47 Å². The van der Waals surface area contributed by atoms with Gasteiger partial charge >= 0.3 is 0 Å². The van der Waals surface area contributed by atoms with Crippen molar-refractivity contribution in [1.29, 1.82) is 0 Å². The first kappa shape index (κ1) is 11.9. The summed E-state index contributed by atoms with van der Waals surface area (Å²) in [5.74, 6) is 0. The van der Waals surface area contributed by atoms with Crippen molar-refractivity contribution in [1.82, 2.24) is 5.73 Å². The van der Waals surface area contributed by atoms with Gasteiger partial charge in [0.05, 0.1) is 0 Å². The van der Waals surface area contributed by atoms with Crippen LogP contribution in [-0.2, 0) is 9.47 Å². The van der Waals surface area contributed by atoms with Crippen LogP contribution < -0.4 is 5.73 Å². The van der Waals surface area contributed by atoms with E-state index in [1.54, 1.807) is 0 Å². The van der Waals surface area contributed by atoms with E-state index in [-0.39, 0.29) is 6.29 Å². The molecule has 1 atom stereocenters. The van der Waals surface area contributed by atoms with Crippen LogP contribution in [0.5, 0.6) is 0 Å². The number of hydrogen-bond donors (Lipinski definition) is 0. The third-order valence-electron chi connectivity index (χ3n) is 1.48. The average Bonchev–Trinajstić information content (AvgIpc) is 2.10. The third kappa shape index (κ3) is 6.58. The summed E-state index contributed by atoms with van der Waals surface area (Å²) in [4.78, 5) is 0. The lowest BCUT2D eigenvalue weighted by atomic mass is 10.3. The molecule has 1 unspecified atom stereocenters. The van der Waals surface area contributed by atoms with E-state index in [9.17, 15) is 0 Å². The van der Waals surface area contributed by atoms with E-state index in [1.807, 2.05) is 6.92 Å². The van der Waals surface area contributed by atoms with Crippen LogP contribution in [0.2, 0.25) is 0 Å². The van der Waals surface area contributed by atoms with Gasteiger partial charge in [-0.1, -0.05) is 6.92 Å². The summed E-state index contributed by atoms with van der Waals surface area (Å²) < 4.78 is 10.8. The third-order valence-corrected chi connectivity index (χ3v) is 1.48. The first-order valence-electron chi connectivity index (χ1n) is 4.72. The second kappa shape index (κ2) is 8.97. The van der Waals surface area contributed by atoms with Crippen molar-refractivity contribution in [2.24, 2.45) is 0 Å². The summed E-state index contributed by atoms with van der Waals surface area (Å²) in [5.41, 5.74) is 6.99. The molecular weight excluding hydrogens is 154 g/mol. The first-order valence-corrected chi connectivity index (χ1v) is 4.72. The number of hydrogen-bond acceptors (Lipinski definition) is 2. The smallest absolute Gasteiger partial charge is 0.157 e. The molecule has 0 spiro atoms. The van der Waals surface area contributed by atoms with E-state index >= 15 is 0 Å². The minimum atomic E-state index is -0.0831. The van der Waals surface area contributed by atoms with Crippen LogP contribution in [0.1, 0.15) is 33.1 Å². The fraction of sp³-hybridized carbons (Fsp3) is 1.00. The summed E-state index contributed by atoms with van der Waals surface area (Å²) in [5, 5.41) is 0. The molecule has 3 heteroatoms. The van der Waals surface area contributed by atoms with Gasteiger partial charge in [0, 0.05) is 19.8 Å². The molecule has 1 radical (unpaired) electrons. The van der Waals surface area contributed by atoms with E-state index in [0.29, 0.717) is 13.2 Å². The van der Waals surface area contributed by atoms with Crippen molar-refractivity contribution in [3.8, 4) is 0 Å². The van der Waals surface area contributed by atoms with Crippen LogP contribution in [0.25, 0.3) is 0 Å². The van der Waals surface area contributed by atoms with Gasteiger partial charge in [-0.3, -0.25) is 5.73 Å². The van der Waals surface area contributed by atoms with Gasteiger partial charge in [0.2, 0.25) is 0 Å². The maximum absolute atomic E-state index is 6.99. The van der Waals surface area contributed by atoms with E-state index in [0.717, 1.165) is 25.9 Å². The standard InChI is InChI=1S/C9H20NO2/c1-3-8-12-9(11-4-2)6-5-7-10/h9-10H,3-8H2,1-2H3. The average molecular weight is 174 g/mol. The van der Waals surface area contributed by atoms with Crippen LogP contribution >= 0.6 is 0 Å². The molecule has 0 saturated heterocycles. The second-order valence-corrected chi connectivity index (χ2v) is 2.65. The van der Waals surface area contributed by atoms with Crippen molar-refractivity contribution in [2.75, 3.05) is 19.8 Å². The van der Waals surface area contributed by atoms with Crippen LogP contribution in [-0.4, -0.2) is 26.0 Å². The topological polar surface area (TPSA) is 42.3 Å². The summed E-state index contributed by atoms with van der Waals surface area (Å²) in [6.45, 7) is 5.94. The Morgan fingerprint density at radius 2 is 2.00 bits per heavy atom. The normalized spacial score (nSPS) is 13.2. The molecular formula is C9H20NO2. The molecule has 73 valence electrons. The zero-order chi connectivity index (χ0) is 9.23. The molecule has 0 fully saturated rings. The Morgan fingerprint density at radius 3 is 2.50 bits per heavy atom. The van der Waals surface area contributed by atoms with Crippen LogP contribution in [0.15, 0.2) is 0 Å². The first-order chi connectivity index (χ1) is 5.85. The highest BCUT2D eigenvalue weighted by Gasteiger charge is 2.06. The summed E-state index contributed by atoms with van der Waals surface area (Å²) in [6.07, 6.45) is 2.64. The van der Waals surface area contributed by atoms with E-state index in [2.05, 4.69) is 6.92 Å². The molecule has 0 aromatic heterocycles. The molecule has 0 amide bonds. The lowest BCUT2D eigenvalue weighted by Gasteiger charge is -2.16. The lowest BCUT2D eigenvalue weighted by Crippen LogP contribution is -2.18. The maximum atomic E-state index is 6.99. The van der Waals surface area contributed by atoms with Crippen LogP contribution in [0, 0.1) is 0 Å². The van der Waals surface area contributed by atoms with Crippen molar-refractivity contribution in [2.45, 2.75) is 39.4 Å². The molecule has 0 aromatic carbocycles. The van der Waals surface area contributed by atoms with E-state index in [1.165, 1.54) is 0 Å². The SMILES string of the molecule is CCCOC(CCC[NH])OCC. The molecule has 1 N–H and O–H groups in total. The molecule has 0 aliphatic heterocycles. The monoisotopic (exact) mass is 174 g/mol. The second-order valence-electron chi connectivity index (χ2n) is 2.65. The highest BCUT2D eigenvalue weighted by Crippen LogP contribution is 2.04. The Hall–Kier alpha value is -0.120. The molecule has 0 bridgehead atoms. The Kier molecular flexibility index (Phi) is 8.88. The zero-order valence-corrected chi connectivity index (χ0v) is 8.14. The Labute approximate surface area is 75.2 Å². The van der Waals surface area contributed by atoms with Gasteiger partial charge in [0.15, 0.2) is 6.29 Å². The quantitative estimate of drug-likeness (QED) is 0.527. The molecule has 3 nitrogen and oxygen atoms in total. The van der Waals surface area contributed by atoms with Crippen LogP contribution in [0.3, 0.4) is 0 Å². The molecule has 0 heterocycles. The molecule has 0 aromatic rings. The Balaban J connectivity index is 3.40. The highest BCUT2D eigenvalue weighted by molar-refractivity contribution is 4.46. The van der Waals surface area contributed by atoms with Gasteiger partial charge in [-0.15, -0.1) is 0 Å². The Bertz CT molecular complexity index is 80.6. The van der Waals surface area contributed by atoms with E-state index in [4.69, 9.17) is 15.2 Å². The number of rotatable bonds is 8. The summed E-state index contributed by atoms with van der Waals surface area (Å²) in [6, 6.07) is 0. The predicted octanol–water partition coefficient (Wildman–Crippen LogP) is 1.84. The number of ether oxygens (including phenoxy) is 2. The van der Waals surface area contributed by atoms with Crippen molar-refractivity contribution in [3.63, 3.8) is 0 Å².